The molecule has 0 spiro atoms. The molecule has 1 unspecified atom stereocenters. The van der Waals surface area contributed by atoms with Crippen LogP contribution in [0.2, 0.25) is 0 Å². The van der Waals surface area contributed by atoms with Crippen LogP contribution in [0.4, 0.5) is 5.00 Å². The lowest BCUT2D eigenvalue weighted by Crippen LogP contribution is -2.28. The standard InChI is InChI=1S/C19H20N2O4S/c1-4-24-19(23)16-11(2)12(3)26-18(16)20-17(22)15-10-14(21-25-15)13-8-6-5-7-9-13/h5-9,15H,4,10H2,1-3H3,(H,20,22). The number of benzene rings is 1. The van der Waals surface area contributed by atoms with Crippen LogP contribution < -0.4 is 5.32 Å². The number of hydrogen-bond acceptors (Lipinski definition) is 6. The molecule has 0 bridgehead atoms. The number of anilines is 1. The fraction of sp³-hybridized carbons (Fsp3) is 0.316. The molecule has 0 saturated carbocycles. The molecule has 0 saturated heterocycles. The fourth-order valence-electron chi connectivity index (χ4n) is 2.68. The van der Waals surface area contributed by atoms with Gasteiger partial charge in [-0.15, -0.1) is 11.3 Å². The second kappa shape index (κ2) is 7.70. The number of nitrogens with zero attached hydrogens (tertiary/aromatic N) is 1. The van der Waals surface area contributed by atoms with Crippen molar-refractivity contribution in [1.82, 2.24) is 0 Å². The van der Waals surface area contributed by atoms with Gasteiger partial charge in [0.2, 0.25) is 6.10 Å². The molecule has 2 aromatic rings. The Morgan fingerprint density at radius 1 is 1.31 bits per heavy atom. The molecule has 26 heavy (non-hydrogen) atoms. The van der Waals surface area contributed by atoms with Gasteiger partial charge in [-0.05, 0) is 31.9 Å². The van der Waals surface area contributed by atoms with Crippen LogP contribution in [-0.2, 0) is 14.4 Å². The lowest BCUT2D eigenvalue weighted by molar-refractivity contribution is -0.125. The van der Waals surface area contributed by atoms with Gasteiger partial charge in [0.1, 0.15) is 5.00 Å². The summed E-state index contributed by atoms with van der Waals surface area (Å²) in [4.78, 5) is 31.1. The smallest absolute Gasteiger partial charge is 0.341 e. The van der Waals surface area contributed by atoms with E-state index in [0.29, 0.717) is 17.0 Å². The molecular weight excluding hydrogens is 352 g/mol. The molecule has 1 atom stereocenters. The van der Waals surface area contributed by atoms with Gasteiger partial charge < -0.3 is 14.9 Å². The molecule has 1 aromatic heterocycles. The zero-order valence-electron chi connectivity index (χ0n) is 14.9. The van der Waals surface area contributed by atoms with Crippen LogP contribution >= 0.6 is 11.3 Å². The first-order valence-corrected chi connectivity index (χ1v) is 9.19. The first kappa shape index (κ1) is 18.1. The molecule has 1 aliphatic heterocycles. The molecule has 1 N–H and O–H groups in total. The van der Waals surface area contributed by atoms with E-state index in [1.54, 1.807) is 6.92 Å². The highest BCUT2D eigenvalue weighted by Crippen LogP contribution is 2.33. The summed E-state index contributed by atoms with van der Waals surface area (Å²) in [5, 5.41) is 7.32. The Hall–Kier alpha value is -2.67. The third kappa shape index (κ3) is 3.62. The maximum Gasteiger partial charge on any atom is 0.341 e. The van der Waals surface area contributed by atoms with Crippen LogP contribution in [0.15, 0.2) is 35.5 Å². The summed E-state index contributed by atoms with van der Waals surface area (Å²) in [6.45, 7) is 5.78. The van der Waals surface area contributed by atoms with Crippen molar-refractivity contribution < 1.29 is 19.2 Å². The number of amides is 1. The Labute approximate surface area is 155 Å². The molecule has 3 rings (SSSR count). The highest BCUT2D eigenvalue weighted by molar-refractivity contribution is 7.16. The highest BCUT2D eigenvalue weighted by atomic mass is 32.1. The number of esters is 1. The van der Waals surface area contributed by atoms with Gasteiger partial charge in [-0.2, -0.15) is 0 Å². The number of carbonyl (C=O) groups is 2. The summed E-state index contributed by atoms with van der Waals surface area (Å²) < 4.78 is 5.11. The Kier molecular flexibility index (Phi) is 5.37. The van der Waals surface area contributed by atoms with Crippen molar-refractivity contribution in [3.05, 3.63) is 51.9 Å². The summed E-state index contributed by atoms with van der Waals surface area (Å²) in [5.74, 6) is -0.760. The number of oxime groups is 1. The van der Waals surface area contributed by atoms with Crippen molar-refractivity contribution >= 4 is 33.9 Å². The Balaban J connectivity index is 1.72. The quantitative estimate of drug-likeness (QED) is 0.813. The van der Waals surface area contributed by atoms with Crippen LogP contribution in [0.25, 0.3) is 0 Å². The second-order valence-corrected chi connectivity index (χ2v) is 7.12. The van der Waals surface area contributed by atoms with Gasteiger partial charge >= 0.3 is 5.97 Å². The van der Waals surface area contributed by atoms with Crippen LogP contribution in [0.3, 0.4) is 0 Å². The largest absolute Gasteiger partial charge is 0.462 e. The van der Waals surface area contributed by atoms with Crippen molar-refractivity contribution in [2.45, 2.75) is 33.3 Å². The monoisotopic (exact) mass is 372 g/mol. The van der Waals surface area contributed by atoms with Gasteiger partial charge in [0, 0.05) is 11.3 Å². The second-order valence-electron chi connectivity index (χ2n) is 5.90. The van der Waals surface area contributed by atoms with Crippen molar-refractivity contribution in [2.24, 2.45) is 5.16 Å². The minimum Gasteiger partial charge on any atom is -0.462 e. The number of aryl methyl sites for hydroxylation is 1. The Morgan fingerprint density at radius 2 is 2.04 bits per heavy atom. The number of hydrogen-bond donors (Lipinski definition) is 1. The van der Waals surface area contributed by atoms with E-state index in [-0.39, 0.29) is 12.5 Å². The summed E-state index contributed by atoms with van der Waals surface area (Å²) in [5.41, 5.74) is 2.88. The minimum absolute atomic E-state index is 0.278. The first-order valence-electron chi connectivity index (χ1n) is 8.37. The average Bonchev–Trinajstić information content (AvgIpc) is 3.22. The molecule has 136 valence electrons. The first-order chi connectivity index (χ1) is 12.5. The summed E-state index contributed by atoms with van der Waals surface area (Å²) in [6, 6.07) is 9.59. The molecule has 0 fully saturated rings. The molecule has 1 aliphatic rings. The fourth-order valence-corrected chi connectivity index (χ4v) is 3.73. The topological polar surface area (TPSA) is 77.0 Å². The maximum absolute atomic E-state index is 12.6. The third-order valence-corrected chi connectivity index (χ3v) is 5.29. The van der Waals surface area contributed by atoms with E-state index in [4.69, 9.17) is 9.57 Å². The van der Waals surface area contributed by atoms with E-state index in [1.165, 1.54) is 11.3 Å². The lowest BCUT2D eigenvalue weighted by Gasteiger charge is -2.10. The SMILES string of the molecule is CCOC(=O)c1c(NC(=O)C2CC(c3ccccc3)=NO2)sc(C)c1C. The predicted molar refractivity (Wildman–Crippen MR) is 101 cm³/mol. The van der Waals surface area contributed by atoms with Gasteiger partial charge in [0.05, 0.1) is 17.9 Å². The van der Waals surface area contributed by atoms with E-state index < -0.39 is 12.1 Å². The Morgan fingerprint density at radius 3 is 2.73 bits per heavy atom. The zero-order chi connectivity index (χ0) is 18.7. The molecule has 7 heteroatoms. The van der Waals surface area contributed by atoms with Crippen LogP contribution in [-0.4, -0.2) is 30.3 Å². The van der Waals surface area contributed by atoms with Gasteiger partial charge in [0.25, 0.3) is 5.91 Å². The predicted octanol–water partition coefficient (Wildman–Crippen LogP) is 3.67. The number of ether oxygens (including phenoxy) is 1. The highest BCUT2D eigenvalue weighted by Gasteiger charge is 2.31. The summed E-state index contributed by atoms with van der Waals surface area (Å²) in [6.07, 6.45) is -0.337. The number of thiophene rings is 1. The van der Waals surface area contributed by atoms with Crippen LogP contribution in [0.1, 0.15) is 39.7 Å². The van der Waals surface area contributed by atoms with E-state index in [0.717, 1.165) is 21.7 Å². The van der Waals surface area contributed by atoms with E-state index in [2.05, 4.69) is 10.5 Å². The van der Waals surface area contributed by atoms with Crippen molar-refractivity contribution in [3.8, 4) is 0 Å². The molecule has 0 radical (unpaired) electrons. The third-order valence-electron chi connectivity index (χ3n) is 4.17. The van der Waals surface area contributed by atoms with E-state index in [9.17, 15) is 9.59 Å². The van der Waals surface area contributed by atoms with Crippen molar-refractivity contribution in [1.29, 1.82) is 0 Å². The number of rotatable bonds is 5. The van der Waals surface area contributed by atoms with Gasteiger partial charge in [0.15, 0.2) is 0 Å². The van der Waals surface area contributed by atoms with Gasteiger partial charge in [-0.1, -0.05) is 35.5 Å². The van der Waals surface area contributed by atoms with E-state index >= 15 is 0 Å². The Bertz CT molecular complexity index is 858. The zero-order valence-corrected chi connectivity index (χ0v) is 15.7. The molecule has 1 amide bonds. The summed E-state index contributed by atoms with van der Waals surface area (Å²) >= 11 is 1.35. The lowest BCUT2D eigenvalue weighted by atomic mass is 10.0. The van der Waals surface area contributed by atoms with Gasteiger partial charge in [-0.25, -0.2) is 4.79 Å². The van der Waals surface area contributed by atoms with Crippen LogP contribution in [0.5, 0.6) is 0 Å². The van der Waals surface area contributed by atoms with Crippen LogP contribution in [0, 0.1) is 13.8 Å². The van der Waals surface area contributed by atoms with Crippen molar-refractivity contribution in [3.63, 3.8) is 0 Å². The molecule has 2 heterocycles. The minimum atomic E-state index is -0.719. The number of carbonyl (C=O) groups excluding carboxylic acids is 2. The number of nitrogens with one attached hydrogen (secondary N) is 1. The molecule has 0 aliphatic carbocycles. The van der Waals surface area contributed by atoms with Crippen molar-refractivity contribution in [2.75, 3.05) is 11.9 Å². The molecular formula is C19H20N2O4S. The van der Waals surface area contributed by atoms with E-state index in [1.807, 2.05) is 44.2 Å². The maximum atomic E-state index is 12.6. The normalized spacial score (nSPS) is 16.0. The van der Waals surface area contributed by atoms with Gasteiger partial charge in [-0.3, -0.25) is 4.79 Å². The molecule has 6 nitrogen and oxygen atoms in total. The summed E-state index contributed by atoms with van der Waals surface area (Å²) in [7, 11) is 0. The molecule has 1 aromatic carbocycles. The average molecular weight is 372 g/mol.